The molecule has 2 rings (SSSR count). The molecule has 0 radical (unpaired) electrons. The molecule has 0 unspecified atom stereocenters. The number of nitrogens with zero attached hydrogens (tertiary/aromatic N) is 1. The van der Waals surface area contributed by atoms with Gasteiger partial charge in [0.05, 0.1) is 0 Å². The van der Waals surface area contributed by atoms with Gasteiger partial charge in [0, 0.05) is 12.7 Å². The zero-order valence-electron chi connectivity index (χ0n) is 7.18. The van der Waals surface area contributed by atoms with E-state index in [9.17, 15) is 0 Å². The molecule has 64 valence electrons. The molecule has 1 aliphatic carbocycles. The second-order valence-electron chi connectivity index (χ2n) is 3.82. The van der Waals surface area contributed by atoms with Gasteiger partial charge in [-0.3, -0.25) is 4.90 Å². The van der Waals surface area contributed by atoms with Crippen LogP contribution in [0.25, 0.3) is 0 Å². The molecule has 0 atom stereocenters. The van der Waals surface area contributed by atoms with Crippen LogP contribution in [-0.2, 0) is 0 Å². The van der Waals surface area contributed by atoms with Crippen LogP contribution in [0.15, 0.2) is 0 Å². The fraction of sp³-hybridized carbons (Fsp3) is 1.00. The molecule has 2 heteroatoms. The van der Waals surface area contributed by atoms with Gasteiger partial charge < -0.3 is 5.32 Å². The summed E-state index contributed by atoms with van der Waals surface area (Å²) >= 11 is 0. The van der Waals surface area contributed by atoms with Crippen molar-refractivity contribution in [3.63, 3.8) is 0 Å². The number of nitrogens with one attached hydrogen (secondary N) is 1. The molecule has 1 heterocycles. The van der Waals surface area contributed by atoms with E-state index < -0.39 is 0 Å². The summed E-state index contributed by atoms with van der Waals surface area (Å²) in [4.78, 5) is 2.54. The molecule has 0 bridgehead atoms. The first kappa shape index (κ1) is 7.56. The zero-order valence-corrected chi connectivity index (χ0v) is 7.18. The summed E-state index contributed by atoms with van der Waals surface area (Å²) in [5, 5.41) is 3.55. The summed E-state index contributed by atoms with van der Waals surface area (Å²) in [5.41, 5.74) is 0. The first-order valence-corrected chi connectivity index (χ1v) is 4.91. The Morgan fingerprint density at radius 1 is 1.09 bits per heavy atom. The summed E-state index contributed by atoms with van der Waals surface area (Å²) in [6.07, 6.45) is 7.08. The number of piperidine rings is 1. The molecular weight excluding hydrogens is 136 g/mol. The molecule has 0 aromatic carbocycles. The predicted molar refractivity (Wildman–Crippen MR) is 46.4 cm³/mol. The molecule has 0 spiro atoms. The average Bonchev–Trinajstić information content (AvgIpc) is 2.86. The van der Waals surface area contributed by atoms with E-state index in [2.05, 4.69) is 10.2 Å². The van der Waals surface area contributed by atoms with Crippen molar-refractivity contribution in [2.45, 2.75) is 38.1 Å². The van der Waals surface area contributed by atoms with E-state index in [1.165, 1.54) is 45.2 Å². The lowest BCUT2D eigenvalue weighted by Crippen LogP contribution is -2.38. The third-order valence-electron chi connectivity index (χ3n) is 2.63. The topological polar surface area (TPSA) is 15.3 Å². The van der Waals surface area contributed by atoms with E-state index in [1.807, 2.05) is 0 Å². The number of hydrogen-bond acceptors (Lipinski definition) is 2. The van der Waals surface area contributed by atoms with Crippen LogP contribution in [0.3, 0.4) is 0 Å². The lowest BCUT2D eigenvalue weighted by atomic mass is 10.1. The molecule has 2 nitrogen and oxygen atoms in total. The summed E-state index contributed by atoms with van der Waals surface area (Å²) in [6, 6.07) is 0.872. The first-order valence-electron chi connectivity index (χ1n) is 4.91. The summed E-state index contributed by atoms with van der Waals surface area (Å²) < 4.78 is 0. The number of rotatable bonds is 3. The smallest absolute Gasteiger partial charge is 0.0482 e. The van der Waals surface area contributed by atoms with E-state index in [0.717, 1.165) is 12.7 Å². The third-order valence-corrected chi connectivity index (χ3v) is 2.63. The van der Waals surface area contributed by atoms with E-state index in [1.54, 1.807) is 0 Å². The van der Waals surface area contributed by atoms with Gasteiger partial charge in [-0.1, -0.05) is 6.42 Å². The van der Waals surface area contributed by atoms with Gasteiger partial charge in [0.2, 0.25) is 0 Å². The Morgan fingerprint density at radius 2 is 1.82 bits per heavy atom. The second kappa shape index (κ2) is 3.55. The van der Waals surface area contributed by atoms with Crippen LogP contribution in [0.1, 0.15) is 32.1 Å². The van der Waals surface area contributed by atoms with Crippen LogP contribution >= 0.6 is 0 Å². The standard InChI is InChI=1S/C9H18N2/c1-2-6-11(7-3-1)8-10-9-4-5-9/h9-10H,1-8H2. The lowest BCUT2D eigenvalue weighted by Gasteiger charge is -2.26. The van der Waals surface area contributed by atoms with Crippen LogP contribution in [0.2, 0.25) is 0 Å². The Kier molecular flexibility index (Phi) is 2.44. The molecule has 0 aromatic heterocycles. The molecule has 1 aliphatic heterocycles. The summed E-state index contributed by atoms with van der Waals surface area (Å²) in [7, 11) is 0. The Hall–Kier alpha value is -0.0800. The van der Waals surface area contributed by atoms with Gasteiger partial charge in [0.15, 0.2) is 0 Å². The maximum absolute atomic E-state index is 3.55. The summed E-state index contributed by atoms with van der Waals surface area (Å²) in [5.74, 6) is 0. The van der Waals surface area contributed by atoms with Crippen LogP contribution in [0.5, 0.6) is 0 Å². The SMILES string of the molecule is C1CCN(CNC2CC2)CC1. The van der Waals surface area contributed by atoms with Crippen LogP contribution in [0.4, 0.5) is 0 Å². The molecule has 0 aromatic rings. The first-order chi connectivity index (χ1) is 5.45. The van der Waals surface area contributed by atoms with Crippen molar-refractivity contribution in [3.05, 3.63) is 0 Å². The maximum atomic E-state index is 3.55. The van der Waals surface area contributed by atoms with Crippen molar-refractivity contribution in [1.29, 1.82) is 0 Å². The number of likely N-dealkylation sites (tertiary alicyclic amines) is 1. The van der Waals surface area contributed by atoms with Crippen molar-refractivity contribution in [2.24, 2.45) is 0 Å². The van der Waals surface area contributed by atoms with Crippen molar-refractivity contribution in [3.8, 4) is 0 Å². The van der Waals surface area contributed by atoms with Gasteiger partial charge >= 0.3 is 0 Å². The quantitative estimate of drug-likeness (QED) is 0.656. The van der Waals surface area contributed by atoms with Crippen molar-refractivity contribution < 1.29 is 0 Å². The Bertz CT molecular complexity index is 115. The van der Waals surface area contributed by atoms with Gasteiger partial charge in [0.1, 0.15) is 0 Å². The Balaban J connectivity index is 1.59. The van der Waals surface area contributed by atoms with Crippen LogP contribution in [0, 0.1) is 0 Å². The highest BCUT2D eigenvalue weighted by Gasteiger charge is 2.21. The monoisotopic (exact) mass is 154 g/mol. The van der Waals surface area contributed by atoms with Gasteiger partial charge in [-0.05, 0) is 38.8 Å². The molecule has 1 saturated carbocycles. The lowest BCUT2D eigenvalue weighted by molar-refractivity contribution is 0.211. The summed E-state index contributed by atoms with van der Waals surface area (Å²) in [6.45, 7) is 3.78. The van der Waals surface area contributed by atoms with Gasteiger partial charge in [0.25, 0.3) is 0 Å². The van der Waals surface area contributed by atoms with E-state index in [0.29, 0.717) is 0 Å². The van der Waals surface area contributed by atoms with E-state index in [4.69, 9.17) is 0 Å². The van der Waals surface area contributed by atoms with Crippen LogP contribution in [-0.4, -0.2) is 30.7 Å². The van der Waals surface area contributed by atoms with Crippen LogP contribution < -0.4 is 5.32 Å². The maximum Gasteiger partial charge on any atom is 0.0482 e. The van der Waals surface area contributed by atoms with Crippen molar-refractivity contribution in [2.75, 3.05) is 19.8 Å². The zero-order chi connectivity index (χ0) is 7.52. The molecule has 2 fully saturated rings. The van der Waals surface area contributed by atoms with Crippen molar-refractivity contribution >= 4 is 0 Å². The van der Waals surface area contributed by atoms with Gasteiger partial charge in [-0.15, -0.1) is 0 Å². The minimum atomic E-state index is 0.872. The Morgan fingerprint density at radius 3 is 2.45 bits per heavy atom. The largest absolute Gasteiger partial charge is 0.302 e. The van der Waals surface area contributed by atoms with E-state index in [-0.39, 0.29) is 0 Å². The Labute approximate surface area is 69.0 Å². The minimum absolute atomic E-state index is 0.872. The molecule has 11 heavy (non-hydrogen) atoms. The minimum Gasteiger partial charge on any atom is -0.302 e. The fourth-order valence-corrected chi connectivity index (χ4v) is 1.66. The number of hydrogen-bond donors (Lipinski definition) is 1. The molecule has 1 N–H and O–H groups in total. The molecular formula is C9H18N2. The molecule has 2 aliphatic rings. The highest BCUT2D eigenvalue weighted by molar-refractivity contribution is 4.80. The molecule has 1 saturated heterocycles. The average molecular weight is 154 g/mol. The second-order valence-corrected chi connectivity index (χ2v) is 3.82. The fourth-order valence-electron chi connectivity index (χ4n) is 1.66. The van der Waals surface area contributed by atoms with Gasteiger partial charge in [-0.25, -0.2) is 0 Å². The predicted octanol–water partition coefficient (Wildman–Crippen LogP) is 1.18. The molecule has 0 amide bonds. The van der Waals surface area contributed by atoms with Gasteiger partial charge in [-0.2, -0.15) is 0 Å². The highest BCUT2D eigenvalue weighted by atomic mass is 15.2. The van der Waals surface area contributed by atoms with Crippen molar-refractivity contribution in [1.82, 2.24) is 10.2 Å². The highest BCUT2D eigenvalue weighted by Crippen LogP contribution is 2.18. The normalized spacial score (nSPS) is 27.3. The third kappa shape index (κ3) is 2.46. The van der Waals surface area contributed by atoms with E-state index >= 15 is 0 Å².